The van der Waals surface area contributed by atoms with Crippen LogP contribution in [-0.2, 0) is 12.0 Å². The highest BCUT2D eigenvalue weighted by Crippen LogP contribution is 2.26. The molecule has 0 aliphatic carbocycles. The lowest BCUT2D eigenvalue weighted by Gasteiger charge is -2.17. The molecule has 0 saturated heterocycles. The lowest BCUT2D eigenvalue weighted by atomic mass is 9.91. The molecule has 0 radical (unpaired) electrons. The fourth-order valence-corrected chi connectivity index (χ4v) is 3.47. The second-order valence-electron chi connectivity index (χ2n) is 8.18. The third-order valence-corrected chi connectivity index (χ3v) is 5.02. The Morgan fingerprint density at radius 1 is 0.929 bits per heavy atom. The van der Waals surface area contributed by atoms with E-state index in [9.17, 15) is 4.79 Å². The van der Waals surface area contributed by atoms with Crippen LogP contribution in [0.15, 0.2) is 79.1 Å². The van der Waals surface area contributed by atoms with E-state index >= 15 is 0 Å². The van der Waals surface area contributed by atoms with Gasteiger partial charge in [0, 0.05) is 52.1 Å². The lowest BCUT2D eigenvalue weighted by Crippen LogP contribution is -2.14. The molecule has 2 aromatic heterocycles. The Bertz CT molecular complexity index is 1120. The number of nitrogens with zero attached hydrogens (tertiary/aromatic N) is 2. The van der Waals surface area contributed by atoms with Crippen molar-refractivity contribution < 1.29 is 4.79 Å². The van der Waals surface area contributed by atoms with Gasteiger partial charge >= 0.3 is 0 Å². The Kier molecular flexibility index (Phi) is 4.60. The molecule has 0 N–H and O–H groups in total. The fraction of sp³-hybridized carbons (Fsp3) is 0.200. The van der Waals surface area contributed by atoms with Gasteiger partial charge < -0.3 is 4.57 Å². The lowest BCUT2D eigenvalue weighted by molar-refractivity contribution is 0.103. The van der Waals surface area contributed by atoms with Crippen LogP contribution in [0.5, 0.6) is 0 Å². The minimum atomic E-state index is -0.0344. The van der Waals surface area contributed by atoms with Gasteiger partial charge in [0.15, 0.2) is 5.78 Å². The predicted octanol–water partition coefficient (Wildman–Crippen LogP) is 5.61. The molecule has 0 bridgehead atoms. The highest BCUT2D eigenvalue weighted by atomic mass is 16.1. The zero-order valence-corrected chi connectivity index (χ0v) is 16.5. The number of carbonyl (C=O) groups excluding carboxylic acids is 1. The standard InChI is InChI=1S/C25H24N2O/c1-25(2,3)23-14-13-19(15-26-23)24(28)21-17-27(16-18-9-5-4-6-10-18)22-12-8-7-11-20(21)22/h4-15,17H,16H2,1-3H3. The molecule has 2 heterocycles. The van der Waals surface area contributed by atoms with E-state index in [4.69, 9.17) is 0 Å². The Labute approximate surface area is 165 Å². The van der Waals surface area contributed by atoms with Crippen molar-refractivity contribution in [2.24, 2.45) is 0 Å². The summed E-state index contributed by atoms with van der Waals surface area (Å²) >= 11 is 0. The minimum Gasteiger partial charge on any atom is -0.342 e. The Balaban J connectivity index is 1.73. The van der Waals surface area contributed by atoms with Crippen molar-refractivity contribution in [1.29, 1.82) is 0 Å². The molecular formula is C25H24N2O. The van der Waals surface area contributed by atoms with Gasteiger partial charge in [-0.3, -0.25) is 9.78 Å². The summed E-state index contributed by atoms with van der Waals surface area (Å²) in [6.07, 6.45) is 3.67. The number of pyridine rings is 1. The average Bonchev–Trinajstić information content (AvgIpc) is 3.06. The summed E-state index contributed by atoms with van der Waals surface area (Å²) < 4.78 is 2.15. The van der Waals surface area contributed by atoms with Gasteiger partial charge in [0.2, 0.25) is 0 Å². The van der Waals surface area contributed by atoms with Crippen LogP contribution in [0.1, 0.15) is 48.0 Å². The molecule has 0 aliphatic heterocycles. The average molecular weight is 368 g/mol. The first-order valence-corrected chi connectivity index (χ1v) is 9.56. The number of ketones is 1. The largest absolute Gasteiger partial charge is 0.342 e. The number of fused-ring (bicyclic) bond motifs is 1. The van der Waals surface area contributed by atoms with Crippen molar-refractivity contribution >= 4 is 16.7 Å². The zero-order chi connectivity index (χ0) is 19.7. The number of para-hydroxylation sites is 1. The summed E-state index contributed by atoms with van der Waals surface area (Å²) in [5, 5.41) is 0.975. The van der Waals surface area contributed by atoms with E-state index in [1.165, 1.54) is 5.56 Å². The minimum absolute atomic E-state index is 0.0102. The van der Waals surface area contributed by atoms with Crippen LogP contribution in [-0.4, -0.2) is 15.3 Å². The van der Waals surface area contributed by atoms with E-state index < -0.39 is 0 Å². The summed E-state index contributed by atoms with van der Waals surface area (Å²) in [5.74, 6) is 0.0102. The highest BCUT2D eigenvalue weighted by molar-refractivity contribution is 6.16. The number of aromatic nitrogens is 2. The van der Waals surface area contributed by atoms with Gasteiger partial charge in [0.05, 0.1) is 0 Å². The van der Waals surface area contributed by atoms with E-state index in [1.54, 1.807) is 6.20 Å². The summed E-state index contributed by atoms with van der Waals surface area (Å²) in [6.45, 7) is 7.09. The van der Waals surface area contributed by atoms with Crippen LogP contribution in [0.3, 0.4) is 0 Å². The molecular weight excluding hydrogens is 344 g/mol. The van der Waals surface area contributed by atoms with Crippen molar-refractivity contribution in [3.05, 3.63) is 102 Å². The first-order valence-electron chi connectivity index (χ1n) is 9.56. The third kappa shape index (κ3) is 3.48. The molecule has 140 valence electrons. The molecule has 4 aromatic rings. The number of rotatable bonds is 4. The van der Waals surface area contributed by atoms with Crippen LogP contribution in [0, 0.1) is 0 Å². The topological polar surface area (TPSA) is 34.9 Å². The number of hydrogen-bond donors (Lipinski definition) is 0. The van der Waals surface area contributed by atoms with Gasteiger partial charge in [0.25, 0.3) is 0 Å². The van der Waals surface area contributed by atoms with Crippen LogP contribution in [0.2, 0.25) is 0 Å². The second kappa shape index (κ2) is 7.08. The van der Waals surface area contributed by atoms with Crippen molar-refractivity contribution in [3.63, 3.8) is 0 Å². The van der Waals surface area contributed by atoms with E-state index in [1.807, 2.05) is 54.7 Å². The SMILES string of the molecule is CC(C)(C)c1ccc(C(=O)c2cn(Cc3ccccc3)c3ccccc23)cn1. The van der Waals surface area contributed by atoms with Crippen molar-refractivity contribution in [3.8, 4) is 0 Å². The van der Waals surface area contributed by atoms with Crippen LogP contribution < -0.4 is 0 Å². The summed E-state index contributed by atoms with van der Waals surface area (Å²) in [6, 6.07) is 22.2. The molecule has 0 amide bonds. The maximum Gasteiger partial charge on any atom is 0.196 e. The number of hydrogen-bond acceptors (Lipinski definition) is 2. The molecule has 3 heteroatoms. The van der Waals surface area contributed by atoms with Gasteiger partial charge in [-0.15, -0.1) is 0 Å². The Hall–Kier alpha value is -3.20. The van der Waals surface area contributed by atoms with E-state index in [0.717, 1.165) is 28.7 Å². The van der Waals surface area contributed by atoms with Crippen molar-refractivity contribution in [2.45, 2.75) is 32.7 Å². The normalized spacial score (nSPS) is 11.7. The number of carbonyl (C=O) groups is 1. The summed E-state index contributed by atoms with van der Waals surface area (Å²) in [7, 11) is 0. The quantitative estimate of drug-likeness (QED) is 0.439. The Morgan fingerprint density at radius 3 is 2.32 bits per heavy atom. The van der Waals surface area contributed by atoms with Gasteiger partial charge in [-0.05, 0) is 23.8 Å². The maximum absolute atomic E-state index is 13.2. The first kappa shape index (κ1) is 18.2. The van der Waals surface area contributed by atoms with Crippen LogP contribution in [0.25, 0.3) is 10.9 Å². The van der Waals surface area contributed by atoms with Gasteiger partial charge in [-0.1, -0.05) is 69.3 Å². The molecule has 2 aromatic carbocycles. The Morgan fingerprint density at radius 2 is 1.64 bits per heavy atom. The highest BCUT2D eigenvalue weighted by Gasteiger charge is 2.19. The molecule has 0 fully saturated rings. The molecule has 3 nitrogen and oxygen atoms in total. The van der Waals surface area contributed by atoms with Crippen molar-refractivity contribution in [2.75, 3.05) is 0 Å². The van der Waals surface area contributed by atoms with Crippen molar-refractivity contribution in [1.82, 2.24) is 9.55 Å². The van der Waals surface area contributed by atoms with Gasteiger partial charge in [0.1, 0.15) is 0 Å². The molecule has 0 aliphatic rings. The van der Waals surface area contributed by atoms with Gasteiger partial charge in [-0.25, -0.2) is 0 Å². The predicted molar refractivity (Wildman–Crippen MR) is 114 cm³/mol. The first-order chi connectivity index (χ1) is 13.4. The third-order valence-electron chi connectivity index (χ3n) is 5.02. The van der Waals surface area contributed by atoms with E-state index in [2.05, 4.69) is 48.5 Å². The molecule has 4 rings (SSSR count). The number of benzene rings is 2. The monoisotopic (exact) mass is 368 g/mol. The summed E-state index contributed by atoms with van der Waals surface area (Å²) in [4.78, 5) is 17.8. The van der Waals surface area contributed by atoms with Crippen LogP contribution >= 0.6 is 0 Å². The molecule has 0 atom stereocenters. The molecule has 28 heavy (non-hydrogen) atoms. The van der Waals surface area contributed by atoms with Gasteiger partial charge in [-0.2, -0.15) is 0 Å². The van der Waals surface area contributed by atoms with Crippen LogP contribution in [0.4, 0.5) is 0 Å². The zero-order valence-electron chi connectivity index (χ0n) is 16.5. The fourth-order valence-electron chi connectivity index (χ4n) is 3.47. The molecule has 0 unspecified atom stereocenters. The van der Waals surface area contributed by atoms with E-state index in [0.29, 0.717) is 5.56 Å². The smallest absolute Gasteiger partial charge is 0.196 e. The maximum atomic E-state index is 13.2. The second-order valence-corrected chi connectivity index (χ2v) is 8.18. The molecule has 0 spiro atoms. The summed E-state index contributed by atoms with van der Waals surface area (Å²) in [5.41, 5.74) is 4.56. The molecule has 0 saturated carbocycles. The van der Waals surface area contributed by atoms with E-state index in [-0.39, 0.29) is 11.2 Å².